The van der Waals surface area contributed by atoms with Gasteiger partial charge in [-0.25, -0.2) is 0 Å². The van der Waals surface area contributed by atoms with Crippen LogP contribution in [-0.2, 0) is 4.79 Å². The van der Waals surface area contributed by atoms with E-state index in [9.17, 15) is 10.1 Å². The molecule has 0 atom stereocenters. The van der Waals surface area contributed by atoms with E-state index in [2.05, 4.69) is 11.4 Å². The molecule has 0 heterocycles. The second-order valence-electron chi connectivity index (χ2n) is 5.61. The quantitative estimate of drug-likeness (QED) is 0.818. The summed E-state index contributed by atoms with van der Waals surface area (Å²) < 4.78 is 0. The third kappa shape index (κ3) is 4.77. The van der Waals surface area contributed by atoms with Crippen molar-refractivity contribution in [2.24, 2.45) is 5.92 Å². The fourth-order valence-electron chi connectivity index (χ4n) is 2.46. The van der Waals surface area contributed by atoms with Gasteiger partial charge in [-0.05, 0) is 18.8 Å². The standard InChI is InChI=1S/C14H24N2O/c1-12(2)10-13(17)16-14(11-15)8-6-4-3-5-7-9-14/h12H,3-10H2,1-2H3,(H,16,17). The van der Waals surface area contributed by atoms with Crippen LogP contribution in [0.1, 0.15) is 65.2 Å². The summed E-state index contributed by atoms with van der Waals surface area (Å²) in [5, 5.41) is 12.4. The summed E-state index contributed by atoms with van der Waals surface area (Å²) in [5.41, 5.74) is -0.591. The van der Waals surface area contributed by atoms with Crippen LogP contribution in [0, 0.1) is 17.2 Å². The van der Waals surface area contributed by atoms with E-state index in [-0.39, 0.29) is 5.91 Å². The minimum absolute atomic E-state index is 0.0297. The summed E-state index contributed by atoms with van der Waals surface area (Å²) in [5.74, 6) is 0.376. The van der Waals surface area contributed by atoms with Crippen LogP contribution < -0.4 is 5.32 Å². The zero-order valence-electron chi connectivity index (χ0n) is 11.1. The van der Waals surface area contributed by atoms with Crippen molar-refractivity contribution in [2.45, 2.75) is 70.8 Å². The van der Waals surface area contributed by atoms with Gasteiger partial charge in [-0.1, -0.05) is 46.0 Å². The number of hydrogen-bond donors (Lipinski definition) is 1. The van der Waals surface area contributed by atoms with Crippen LogP contribution in [0.25, 0.3) is 0 Å². The molecular weight excluding hydrogens is 212 g/mol. The van der Waals surface area contributed by atoms with Crippen molar-refractivity contribution in [1.29, 1.82) is 5.26 Å². The summed E-state index contributed by atoms with van der Waals surface area (Å²) in [6.45, 7) is 4.05. The van der Waals surface area contributed by atoms with Crippen molar-refractivity contribution >= 4 is 5.91 Å². The molecule has 17 heavy (non-hydrogen) atoms. The van der Waals surface area contributed by atoms with E-state index in [1.165, 1.54) is 19.3 Å². The van der Waals surface area contributed by atoms with Crippen molar-refractivity contribution < 1.29 is 4.79 Å². The van der Waals surface area contributed by atoms with Gasteiger partial charge in [0.25, 0.3) is 0 Å². The van der Waals surface area contributed by atoms with Gasteiger partial charge < -0.3 is 5.32 Å². The largest absolute Gasteiger partial charge is 0.338 e. The highest BCUT2D eigenvalue weighted by molar-refractivity contribution is 5.77. The van der Waals surface area contributed by atoms with Crippen molar-refractivity contribution in [1.82, 2.24) is 5.32 Å². The molecule has 0 radical (unpaired) electrons. The molecule has 1 fully saturated rings. The lowest BCUT2D eigenvalue weighted by molar-refractivity contribution is -0.123. The Morgan fingerprint density at radius 3 is 2.24 bits per heavy atom. The van der Waals surface area contributed by atoms with E-state index >= 15 is 0 Å². The average Bonchev–Trinajstić information content (AvgIpc) is 2.21. The molecule has 0 aromatic rings. The summed E-state index contributed by atoms with van der Waals surface area (Å²) >= 11 is 0. The topological polar surface area (TPSA) is 52.9 Å². The molecule has 3 heteroatoms. The van der Waals surface area contributed by atoms with Crippen molar-refractivity contribution in [3.05, 3.63) is 0 Å². The first kappa shape index (κ1) is 14.0. The van der Waals surface area contributed by atoms with Crippen LogP contribution in [0.15, 0.2) is 0 Å². The smallest absolute Gasteiger partial charge is 0.221 e. The Hall–Kier alpha value is -1.04. The molecule has 0 bridgehead atoms. The molecule has 0 aromatic carbocycles. The molecular formula is C14H24N2O. The minimum Gasteiger partial charge on any atom is -0.338 e. The van der Waals surface area contributed by atoms with E-state index in [1.54, 1.807) is 0 Å². The molecule has 1 N–H and O–H groups in total. The second-order valence-corrected chi connectivity index (χ2v) is 5.61. The number of nitrogens with one attached hydrogen (secondary N) is 1. The number of hydrogen-bond acceptors (Lipinski definition) is 2. The van der Waals surface area contributed by atoms with Crippen molar-refractivity contribution in [3.8, 4) is 6.07 Å². The lowest BCUT2D eigenvalue weighted by Crippen LogP contribution is -2.48. The fourth-order valence-corrected chi connectivity index (χ4v) is 2.46. The summed E-state index contributed by atoms with van der Waals surface area (Å²) in [6, 6.07) is 2.36. The zero-order chi connectivity index (χ0) is 12.7. The van der Waals surface area contributed by atoms with E-state index < -0.39 is 5.54 Å². The molecule has 96 valence electrons. The molecule has 0 aromatic heterocycles. The first-order chi connectivity index (χ1) is 8.08. The van der Waals surface area contributed by atoms with Gasteiger partial charge in [0.15, 0.2) is 0 Å². The maximum Gasteiger partial charge on any atom is 0.221 e. The lowest BCUT2D eigenvalue weighted by Gasteiger charge is -2.30. The molecule has 1 aliphatic carbocycles. The second kappa shape index (κ2) is 6.64. The Bertz CT molecular complexity index is 283. The number of carbonyl (C=O) groups is 1. The van der Waals surface area contributed by atoms with Crippen LogP contribution in [0.2, 0.25) is 0 Å². The van der Waals surface area contributed by atoms with Gasteiger partial charge in [-0.3, -0.25) is 4.79 Å². The number of nitrogens with zero attached hydrogens (tertiary/aromatic N) is 1. The zero-order valence-corrected chi connectivity index (χ0v) is 11.1. The van der Waals surface area contributed by atoms with Crippen LogP contribution in [0.4, 0.5) is 0 Å². The van der Waals surface area contributed by atoms with Crippen molar-refractivity contribution in [3.63, 3.8) is 0 Å². The number of rotatable bonds is 3. The number of amides is 1. The maximum absolute atomic E-state index is 11.8. The molecule has 0 unspecified atom stereocenters. The highest BCUT2D eigenvalue weighted by atomic mass is 16.1. The monoisotopic (exact) mass is 236 g/mol. The maximum atomic E-state index is 11.8. The first-order valence-electron chi connectivity index (χ1n) is 6.80. The van der Waals surface area contributed by atoms with Crippen LogP contribution in [0.3, 0.4) is 0 Å². The highest BCUT2D eigenvalue weighted by Gasteiger charge is 2.31. The van der Waals surface area contributed by atoms with Gasteiger partial charge in [0.1, 0.15) is 5.54 Å². The highest BCUT2D eigenvalue weighted by Crippen LogP contribution is 2.26. The van der Waals surface area contributed by atoms with Gasteiger partial charge >= 0.3 is 0 Å². The normalized spacial score (nSPS) is 20.1. The van der Waals surface area contributed by atoms with Gasteiger partial charge in [-0.2, -0.15) is 5.26 Å². The van der Waals surface area contributed by atoms with E-state index in [0.717, 1.165) is 25.7 Å². The average molecular weight is 236 g/mol. The van der Waals surface area contributed by atoms with E-state index in [1.807, 2.05) is 13.8 Å². The Morgan fingerprint density at radius 2 is 1.76 bits per heavy atom. The predicted octanol–water partition coefficient (Wildman–Crippen LogP) is 3.16. The Morgan fingerprint density at radius 1 is 1.24 bits per heavy atom. The summed E-state index contributed by atoms with van der Waals surface area (Å²) in [7, 11) is 0. The summed E-state index contributed by atoms with van der Waals surface area (Å²) in [4.78, 5) is 11.8. The Kier molecular flexibility index (Phi) is 5.47. The molecule has 0 spiro atoms. The van der Waals surface area contributed by atoms with Crippen LogP contribution in [-0.4, -0.2) is 11.4 Å². The first-order valence-corrected chi connectivity index (χ1v) is 6.80. The number of carbonyl (C=O) groups excluding carboxylic acids is 1. The molecule has 1 saturated carbocycles. The van der Waals surface area contributed by atoms with Gasteiger partial charge in [0, 0.05) is 6.42 Å². The van der Waals surface area contributed by atoms with Gasteiger partial charge in [0.05, 0.1) is 6.07 Å². The third-order valence-electron chi connectivity index (χ3n) is 3.39. The Labute approximate surface area is 105 Å². The molecule has 3 nitrogen and oxygen atoms in total. The SMILES string of the molecule is CC(C)CC(=O)NC1(C#N)CCCCCCC1. The third-order valence-corrected chi connectivity index (χ3v) is 3.39. The fraction of sp³-hybridized carbons (Fsp3) is 0.857. The van der Waals surface area contributed by atoms with Gasteiger partial charge in [0.2, 0.25) is 5.91 Å². The van der Waals surface area contributed by atoms with E-state index in [0.29, 0.717) is 12.3 Å². The van der Waals surface area contributed by atoms with E-state index in [4.69, 9.17) is 0 Å². The predicted molar refractivity (Wildman–Crippen MR) is 68.3 cm³/mol. The molecule has 0 saturated heterocycles. The summed E-state index contributed by atoms with van der Waals surface area (Å²) in [6.07, 6.45) is 7.88. The minimum atomic E-state index is -0.591. The molecule has 1 rings (SSSR count). The van der Waals surface area contributed by atoms with Crippen LogP contribution >= 0.6 is 0 Å². The van der Waals surface area contributed by atoms with Crippen LogP contribution in [0.5, 0.6) is 0 Å². The number of nitriles is 1. The van der Waals surface area contributed by atoms with Crippen molar-refractivity contribution in [2.75, 3.05) is 0 Å². The molecule has 0 aliphatic heterocycles. The Balaban J connectivity index is 2.59. The molecule has 1 amide bonds. The molecule has 1 aliphatic rings. The van der Waals surface area contributed by atoms with Gasteiger partial charge in [-0.15, -0.1) is 0 Å². The lowest BCUT2D eigenvalue weighted by atomic mass is 9.85.